The van der Waals surface area contributed by atoms with Gasteiger partial charge in [-0.2, -0.15) is 0 Å². The summed E-state index contributed by atoms with van der Waals surface area (Å²) in [5.41, 5.74) is 0.858. The van der Waals surface area contributed by atoms with E-state index in [0.717, 1.165) is 37.0 Å². The Labute approximate surface area is 188 Å². The maximum absolute atomic E-state index is 13.2. The van der Waals surface area contributed by atoms with Gasteiger partial charge in [0.2, 0.25) is 7.37 Å². The lowest BCUT2D eigenvalue weighted by atomic mass is 9.97. The summed E-state index contributed by atoms with van der Waals surface area (Å²) in [6.07, 6.45) is 5.70. The van der Waals surface area contributed by atoms with Crippen molar-refractivity contribution in [2.75, 3.05) is 6.16 Å². The van der Waals surface area contributed by atoms with Crippen molar-refractivity contribution in [2.24, 2.45) is 0 Å². The van der Waals surface area contributed by atoms with Crippen LogP contribution in [-0.4, -0.2) is 43.3 Å². The second-order valence-electron chi connectivity index (χ2n) is 9.16. The molecule has 2 unspecified atom stereocenters. The number of hydrogen-bond acceptors (Lipinski definition) is 5. The fourth-order valence-corrected chi connectivity index (χ4v) is 6.60. The fourth-order valence-electron chi connectivity index (χ4n) is 3.53. The highest BCUT2D eigenvalue weighted by atomic mass is 32.2. The van der Waals surface area contributed by atoms with Crippen LogP contribution in [0.1, 0.15) is 71.3 Å². The number of aryl methyl sites for hydroxylation is 1. The van der Waals surface area contributed by atoms with Gasteiger partial charge in [-0.3, -0.25) is 9.36 Å². The molecule has 0 aromatic heterocycles. The van der Waals surface area contributed by atoms with E-state index in [1.54, 1.807) is 20.8 Å². The summed E-state index contributed by atoms with van der Waals surface area (Å²) in [5, 5.41) is 9.03. The number of carbonyl (C=O) groups is 1. The number of ether oxygens (including phenoxy) is 1. The molecule has 7 nitrogen and oxygen atoms in total. The van der Waals surface area contributed by atoms with Crippen LogP contribution in [0, 0.1) is 0 Å². The SMILES string of the molecule is CC(C)(C)[S+]([O-])N[C@@H](CCC(=O)O)P(=O)(O)CCc1ccccc1OC1CCCCC1. The third-order valence-corrected chi connectivity index (χ3v) is 9.45. The molecule has 176 valence electrons. The van der Waals surface area contributed by atoms with E-state index in [9.17, 15) is 18.8 Å². The Morgan fingerprint density at radius 1 is 1.29 bits per heavy atom. The van der Waals surface area contributed by atoms with E-state index < -0.39 is 35.2 Å². The number of aliphatic carboxylic acids is 1. The Kier molecular flexibility index (Phi) is 9.90. The van der Waals surface area contributed by atoms with E-state index >= 15 is 0 Å². The molecule has 9 heteroatoms. The van der Waals surface area contributed by atoms with E-state index in [4.69, 9.17) is 9.84 Å². The smallest absolute Gasteiger partial charge is 0.303 e. The van der Waals surface area contributed by atoms with Gasteiger partial charge in [-0.05, 0) is 70.9 Å². The summed E-state index contributed by atoms with van der Waals surface area (Å²) >= 11 is -1.59. The molecule has 1 saturated carbocycles. The summed E-state index contributed by atoms with van der Waals surface area (Å²) in [6, 6.07) is 7.55. The Hall–Kier alpha value is -1.05. The van der Waals surface area contributed by atoms with Crippen molar-refractivity contribution in [3.05, 3.63) is 29.8 Å². The number of benzene rings is 1. The Morgan fingerprint density at radius 3 is 2.55 bits per heavy atom. The van der Waals surface area contributed by atoms with Crippen molar-refractivity contribution in [1.29, 1.82) is 0 Å². The minimum Gasteiger partial charge on any atom is -0.598 e. The molecule has 1 aromatic carbocycles. The predicted octanol–water partition coefficient (Wildman–Crippen LogP) is 4.45. The van der Waals surface area contributed by atoms with Crippen molar-refractivity contribution in [3.8, 4) is 5.75 Å². The zero-order valence-electron chi connectivity index (χ0n) is 18.7. The van der Waals surface area contributed by atoms with E-state index in [-0.39, 0.29) is 25.1 Å². The highest BCUT2D eigenvalue weighted by molar-refractivity contribution is 7.91. The van der Waals surface area contributed by atoms with Crippen LogP contribution in [0.3, 0.4) is 0 Å². The van der Waals surface area contributed by atoms with Gasteiger partial charge >= 0.3 is 5.97 Å². The van der Waals surface area contributed by atoms with Crippen molar-refractivity contribution in [2.45, 2.75) is 88.8 Å². The molecule has 1 fully saturated rings. The largest absolute Gasteiger partial charge is 0.598 e. The van der Waals surface area contributed by atoms with Crippen LogP contribution < -0.4 is 9.46 Å². The van der Waals surface area contributed by atoms with Crippen molar-refractivity contribution < 1.29 is 28.6 Å². The van der Waals surface area contributed by atoms with Crippen LogP contribution in [-0.2, 0) is 27.1 Å². The number of para-hydroxylation sites is 1. The maximum Gasteiger partial charge on any atom is 0.303 e. The quantitative estimate of drug-likeness (QED) is 0.321. The number of hydrogen-bond donors (Lipinski definition) is 3. The molecule has 1 aliphatic carbocycles. The van der Waals surface area contributed by atoms with Gasteiger partial charge in [0.15, 0.2) is 0 Å². The predicted molar refractivity (Wildman–Crippen MR) is 124 cm³/mol. The molecule has 0 amide bonds. The highest BCUT2D eigenvalue weighted by Gasteiger charge is 2.38. The van der Waals surface area contributed by atoms with Crippen LogP contribution in [0.15, 0.2) is 24.3 Å². The average Bonchev–Trinajstić information content (AvgIpc) is 2.70. The second-order valence-corrected chi connectivity index (χ2v) is 13.7. The van der Waals surface area contributed by atoms with Gasteiger partial charge in [-0.15, -0.1) is 4.72 Å². The Balaban J connectivity index is 2.09. The molecular weight excluding hydrogens is 437 g/mol. The Morgan fingerprint density at radius 2 is 1.94 bits per heavy atom. The van der Waals surface area contributed by atoms with Crippen LogP contribution in [0.5, 0.6) is 5.75 Å². The molecule has 2 rings (SSSR count). The fraction of sp³-hybridized carbons (Fsp3) is 0.682. The maximum atomic E-state index is 13.2. The van der Waals surface area contributed by atoms with E-state index in [1.807, 2.05) is 24.3 Å². The standard InChI is InChI=1S/C22H36NO6PS/c1-22(2,3)31(28)23-20(13-14-21(24)25)30(26,27)16-15-17-9-7-8-12-19(17)29-18-10-5-4-6-11-18/h7-9,12,18,20,23H,4-6,10-11,13-16H2,1-3H3,(H,24,25)(H,26,27)/t20-,31?/m1/s1. The first-order valence-electron chi connectivity index (χ1n) is 10.9. The lowest BCUT2D eigenvalue weighted by molar-refractivity contribution is -0.137. The van der Waals surface area contributed by atoms with E-state index in [0.29, 0.717) is 6.42 Å². The first kappa shape index (κ1) is 26.2. The van der Waals surface area contributed by atoms with Gasteiger partial charge < -0.3 is 19.3 Å². The summed E-state index contributed by atoms with van der Waals surface area (Å²) < 4.78 is 34.0. The van der Waals surface area contributed by atoms with Crippen molar-refractivity contribution >= 4 is 24.7 Å². The third kappa shape index (κ3) is 8.78. The molecule has 31 heavy (non-hydrogen) atoms. The van der Waals surface area contributed by atoms with Crippen molar-refractivity contribution in [3.63, 3.8) is 0 Å². The first-order valence-corrected chi connectivity index (χ1v) is 14.0. The number of nitrogens with one attached hydrogen (secondary N) is 1. The van der Waals surface area contributed by atoms with Crippen LogP contribution >= 0.6 is 7.37 Å². The van der Waals surface area contributed by atoms with Gasteiger partial charge in [0.05, 0.1) is 6.10 Å². The number of rotatable bonds is 11. The minimum atomic E-state index is -3.83. The minimum absolute atomic E-state index is 0.0450. The summed E-state index contributed by atoms with van der Waals surface area (Å²) in [6.45, 7) is 5.27. The lowest BCUT2D eigenvalue weighted by Crippen LogP contribution is -2.45. The summed E-state index contributed by atoms with van der Waals surface area (Å²) in [4.78, 5) is 21.8. The summed E-state index contributed by atoms with van der Waals surface area (Å²) in [7, 11) is -3.83. The van der Waals surface area contributed by atoms with Gasteiger partial charge in [0.1, 0.15) is 16.3 Å². The van der Waals surface area contributed by atoms with E-state index in [2.05, 4.69) is 4.72 Å². The molecule has 1 aliphatic rings. The topological polar surface area (TPSA) is 119 Å². The van der Waals surface area contributed by atoms with Crippen LogP contribution in [0.2, 0.25) is 0 Å². The molecule has 0 heterocycles. The molecule has 0 saturated heterocycles. The monoisotopic (exact) mass is 473 g/mol. The normalized spacial score (nSPS) is 19.4. The van der Waals surface area contributed by atoms with Gasteiger partial charge in [0.25, 0.3) is 0 Å². The Bertz CT molecular complexity index is 763. The van der Waals surface area contributed by atoms with Gasteiger partial charge in [0, 0.05) is 23.9 Å². The highest BCUT2D eigenvalue weighted by Crippen LogP contribution is 2.48. The summed E-state index contributed by atoms with van der Waals surface area (Å²) in [5.74, 6) is -1.36. The molecule has 0 bridgehead atoms. The van der Waals surface area contributed by atoms with Gasteiger partial charge in [-0.25, -0.2) is 0 Å². The molecule has 0 aliphatic heterocycles. The molecule has 3 atom stereocenters. The lowest BCUT2D eigenvalue weighted by Gasteiger charge is -2.30. The molecular formula is C22H36NO6PS. The molecule has 3 N–H and O–H groups in total. The number of carboxylic acid groups (broad SMARTS) is 1. The second kappa shape index (κ2) is 11.7. The number of carboxylic acids is 1. The van der Waals surface area contributed by atoms with Crippen LogP contribution in [0.4, 0.5) is 0 Å². The third-order valence-electron chi connectivity index (χ3n) is 5.44. The molecule has 1 aromatic rings. The molecule has 0 radical (unpaired) electrons. The first-order chi connectivity index (χ1) is 14.5. The van der Waals surface area contributed by atoms with Gasteiger partial charge in [-0.1, -0.05) is 24.6 Å². The molecule has 0 spiro atoms. The van der Waals surface area contributed by atoms with Crippen LogP contribution in [0.25, 0.3) is 0 Å². The van der Waals surface area contributed by atoms with E-state index in [1.165, 1.54) is 6.42 Å². The average molecular weight is 474 g/mol. The zero-order chi connectivity index (χ0) is 23.1. The zero-order valence-corrected chi connectivity index (χ0v) is 20.4. The van der Waals surface area contributed by atoms with Crippen molar-refractivity contribution in [1.82, 2.24) is 4.72 Å².